The van der Waals surface area contributed by atoms with Crippen LogP contribution in [0.5, 0.6) is 23.0 Å². The van der Waals surface area contributed by atoms with Crippen molar-refractivity contribution in [2.24, 2.45) is 32.9 Å². The largest absolute Gasteiger partial charge is 0.497 e. The van der Waals surface area contributed by atoms with E-state index >= 15 is 0 Å². The van der Waals surface area contributed by atoms with Gasteiger partial charge in [-0.2, -0.15) is 8.42 Å². The molecule has 0 spiro atoms. The van der Waals surface area contributed by atoms with Gasteiger partial charge in [0.15, 0.2) is 11.9 Å². The third-order valence-corrected chi connectivity index (χ3v) is 3.85. The SMILES string of the molecule is COc1ccc(CN=C(N)N)c(OC)c1.COc1ccc(CN=C(N)N)c(OC)c1.O=S(=O)(O)O. The highest BCUT2D eigenvalue weighted by molar-refractivity contribution is 7.79. The number of nitrogens with zero attached hydrogens (tertiary/aromatic N) is 2. The summed E-state index contributed by atoms with van der Waals surface area (Å²) in [5.41, 5.74) is 22.8. The Balaban J connectivity index is 0.000000555. The normalized spacial score (nSPS) is 9.77. The van der Waals surface area contributed by atoms with Gasteiger partial charge in [0.05, 0.1) is 41.5 Å². The minimum absolute atomic E-state index is 0.0628. The first kappa shape index (κ1) is 31.0. The molecule has 0 aliphatic rings. The number of nitrogens with two attached hydrogens (primary N) is 4. The van der Waals surface area contributed by atoms with Crippen LogP contribution >= 0.6 is 0 Å². The first-order valence-electron chi connectivity index (χ1n) is 9.57. The molecule has 0 amide bonds. The average Bonchev–Trinajstić information content (AvgIpc) is 2.80. The Kier molecular flexibility index (Phi) is 14.0. The number of ether oxygens (including phenoxy) is 4. The Morgan fingerprint density at radius 2 is 1.03 bits per heavy atom. The van der Waals surface area contributed by atoms with Crippen LogP contribution in [0.3, 0.4) is 0 Å². The molecule has 196 valence electrons. The smallest absolute Gasteiger partial charge is 0.394 e. The molecule has 15 heteroatoms. The molecule has 0 fully saturated rings. The van der Waals surface area contributed by atoms with Gasteiger partial charge in [0.1, 0.15) is 23.0 Å². The highest BCUT2D eigenvalue weighted by atomic mass is 32.3. The summed E-state index contributed by atoms with van der Waals surface area (Å²) in [6, 6.07) is 11.0. The van der Waals surface area contributed by atoms with E-state index in [1.807, 2.05) is 24.3 Å². The van der Waals surface area contributed by atoms with Crippen LogP contribution in [-0.2, 0) is 23.5 Å². The molecule has 0 heterocycles. The summed E-state index contributed by atoms with van der Waals surface area (Å²) < 4.78 is 52.1. The molecular formula is C20H32N6O8S. The molecule has 0 saturated carbocycles. The third-order valence-electron chi connectivity index (χ3n) is 3.85. The summed E-state index contributed by atoms with van der Waals surface area (Å²) >= 11 is 0. The first-order chi connectivity index (χ1) is 16.3. The summed E-state index contributed by atoms with van der Waals surface area (Å²) in [6.45, 7) is 0.797. The van der Waals surface area contributed by atoms with Crippen molar-refractivity contribution >= 4 is 22.3 Å². The van der Waals surface area contributed by atoms with E-state index in [2.05, 4.69) is 9.98 Å². The number of benzene rings is 2. The van der Waals surface area contributed by atoms with Crippen molar-refractivity contribution < 1.29 is 36.5 Å². The first-order valence-corrected chi connectivity index (χ1v) is 11.0. The fraction of sp³-hybridized carbons (Fsp3) is 0.300. The van der Waals surface area contributed by atoms with E-state index in [1.54, 1.807) is 40.6 Å². The number of aliphatic imine (C=N–C) groups is 2. The number of guanidine groups is 2. The van der Waals surface area contributed by atoms with E-state index in [4.69, 9.17) is 59.4 Å². The lowest BCUT2D eigenvalue weighted by molar-refractivity contribution is 0.380. The average molecular weight is 517 g/mol. The topological polar surface area (TPSA) is 240 Å². The maximum atomic E-state index is 8.74. The van der Waals surface area contributed by atoms with Gasteiger partial charge in [0, 0.05) is 23.3 Å². The predicted molar refractivity (Wildman–Crippen MR) is 132 cm³/mol. The molecule has 0 atom stereocenters. The zero-order valence-corrected chi connectivity index (χ0v) is 20.7. The molecule has 0 aliphatic carbocycles. The van der Waals surface area contributed by atoms with Gasteiger partial charge in [0.2, 0.25) is 0 Å². The molecule has 0 saturated heterocycles. The maximum Gasteiger partial charge on any atom is 0.394 e. The van der Waals surface area contributed by atoms with E-state index in [0.717, 1.165) is 22.6 Å². The molecule has 2 aromatic rings. The third kappa shape index (κ3) is 14.7. The van der Waals surface area contributed by atoms with Crippen molar-refractivity contribution in [2.45, 2.75) is 13.1 Å². The van der Waals surface area contributed by atoms with Crippen LogP contribution < -0.4 is 41.9 Å². The Morgan fingerprint density at radius 3 is 1.26 bits per heavy atom. The molecule has 0 unspecified atom stereocenters. The van der Waals surface area contributed by atoms with Crippen molar-refractivity contribution in [3.05, 3.63) is 47.5 Å². The molecule has 0 aromatic heterocycles. The lowest BCUT2D eigenvalue weighted by Gasteiger charge is -2.08. The van der Waals surface area contributed by atoms with Crippen LogP contribution in [0, 0.1) is 0 Å². The van der Waals surface area contributed by atoms with Crippen molar-refractivity contribution in [1.29, 1.82) is 0 Å². The molecular weight excluding hydrogens is 484 g/mol. The highest BCUT2D eigenvalue weighted by Gasteiger charge is 2.05. The van der Waals surface area contributed by atoms with Gasteiger partial charge in [-0.25, -0.2) is 9.98 Å². The van der Waals surface area contributed by atoms with Crippen LogP contribution in [-0.4, -0.2) is 57.9 Å². The summed E-state index contributed by atoms with van der Waals surface area (Å²) in [6.07, 6.45) is 0. The molecule has 0 radical (unpaired) electrons. The Labute approximate surface area is 204 Å². The van der Waals surface area contributed by atoms with Crippen LogP contribution in [0.2, 0.25) is 0 Å². The summed E-state index contributed by atoms with van der Waals surface area (Å²) in [5.74, 6) is 3.01. The molecule has 14 nitrogen and oxygen atoms in total. The molecule has 0 bridgehead atoms. The van der Waals surface area contributed by atoms with E-state index in [-0.39, 0.29) is 11.9 Å². The van der Waals surface area contributed by atoms with Crippen LogP contribution in [0.4, 0.5) is 0 Å². The second-order valence-corrected chi connectivity index (χ2v) is 7.18. The van der Waals surface area contributed by atoms with Crippen LogP contribution in [0.15, 0.2) is 46.4 Å². The van der Waals surface area contributed by atoms with Crippen molar-refractivity contribution in [3.8, 4) is 23.0 Å². The number of methoxy groups -OCH3 is 4. The van der Waals surface area contributed by atoms with E-state index in [9.17, 15) is 0 Å². The number of hydrogen-bond acceptors (Lipinski definition) is 8. The Hall–Kier alpha value is -3.95. The lowest BCUT2D eigenvalue weighted by Crippen LogP contribution is -2.22. The fourth-order valence-corrected chi connectivity index (χ4v) is 2.32. The summed E-state index contributed by atoms with van der Waals surface area (Å²) in [5, 5.41) is 0. The van der Waals surface area contributed by atoms with E-state index in [1.165, 1.54) is 0 Å². The lowest BCUT2D eigenvalue weighted by atomic mass is 10.2. The van der Waals surface area contributed by atoms with Gasteiger partial charge in [-0.15, -0.1) is 0 Å². The van der Waals surface area contributed by atoms with Gasteiger partial charge >= 0.3 is 10.4 Å². The predicted octanol–water partition coefficient (Wildman–Crippen LogP) is 0.302. The minimum atomic E-state index is -4.67. The van der Waals surface area contributed by atoms with Crippen molar-refractivity contribution in [3.63, 3.8) is 0 Å². The molecule has 10 N–H and O–H groups in total. The zero-order valence-electron chi connectivity index (χ0n) is 19.8. The van der Waals surface area contributed by atoms with Crippen molar-refractivity contribution in [2.75, 3.05) is 28.4 Å². The Morgan fingerprint density at radius 1 is 0.714 bits per heavy atom. The van der Waals surface area contributed by atoms with Gasteiger partial charge in [-0.3, -0.25) is 9.11 Å². The number of hydrogen-bond donors (Lipinski definition) is 6. The van der Waals surface area contributed by atoms with Crippen molar-refractivity contribution in [1.82, 2.24) is 0 Å². The van der Waals surface area contributed by atoms with Crippen LogP contribution in [0.1, 0.15) is 11.1 Å². The standard InChI is InChI=1S/2C10H15N3O2.H2O4S/c2*1-14-8-4-3-7(6-13-10(11)12)9(5-8)15-2;1-5(2,3)4/h2*3-5H,6H2,1-2H3,(H4,11,12,13);(H2,1,2,3,4). The quantitative estimate of drug-likeness (QED) is 0.158. The molecule has 35 heavy (non-hydrogen) atoms. The number of rotatable bonds is 8. The second kappa shape index (κ2) is 15.8. The van der Waals surface area contributed by atoms with E-state index in [0.29, 0.717) is 24.6 Å². The van der Waals surface area contributed by atoms with E-state index < -0.39 is 10.4 Å². The summed E-state index contributed by atoms with van der Waals surface area (Å²) in [7, 11) is 1.72. The van der Waals surface area contributed by atoms with Gasteiger partial charge < -0.3 is 41.9 Å². The zero-order chi connectivity index (χ0) is 27.0. The minimum Gasteiger partial charge on any atom is -0.497 e. The van der Waals surface area contributed by atoms with Gasteiger partial charge in [0.25, 0.3) is 0 Å². The van der Waals surface area contributed by atoms with Gasteiger partial charge in [-0.05, 0) is 24.3 Å². The van der Waals surface area contributed by atoms with Gasteiger partial charge in [-0.1, -0.05) is 0 Å². The molecule has 2 aromatic carbocycles. The molecule has 2 rings (SSSR count). The highest BCUT2D eigenvalue weighted by Crippen LogP contribution is 2.25. The summed E-state index contributed by atoms with van der Waals surface area (Å²) in [4.78, 5) is 7.82. The monoisotopic (exact) mass is 516 g/mol. The second-order valence-electron chi connectivity index (χ2n) is 6.29. The Bertz CT molecular complexity index is 1010. The van der Waals surface area contributed by atoms with Crippen LogP contribution in [0.25, 0.3) is 0 Å². The molecule has 0 aliphatic heterocycles. The fourth-order valence-electron chi connectivity index (χ4n) is 2.32. The maximum absolute atomic E-state index is 8.74.